The van der Waals surface area contributed by atoms with Gasteiger partial charge < -0.3 is 10.1 Å². The molecule has 0 aromatic heterocycles. The van der Waals surface area contributed by atoms with Gasteiger partial charge in [0.1, 0.15) is 5.82 Å². The van der Waals surface area contributed by atoms with Crippen LogP contribution in [0.5, 0.6) is 0 Å². The summed E-state index contributed by atoms with van der Waals surface area (Å²) in [5.41, 5.74) is 3.00. The van der Waals surface area contributed by atoms with E-state index in [2.05, 4.69) is 17.4 Å². The molecule has 2 aromatic carbocycles. The van der Waals surface area contributed by atoms with E-state index in [0.29, 0.717) is 18.8 Å². The van der Waals surface area contributed by atoms with E-state index in [0.717, 1.165) is 6.42 Å². The number of anilines is 1. The molecule has 1 N–H and O–H groups in total. The molecular formula is C16H14Cl2FNO. The zero-order valence-electron chi connectivity index (χ0n) is 11.2. The van der Waals surface area contributed by atoms with E-state index >= 15 is 0 Å². The minimum Gasteiger partial charge on any atom is -0.380 e. The van der Waals surface area contributed by atoms with Gasteiger partial charge in [0, 0.05) is 6.54 Å². The molecule has 5 heteroatoms. The van der Waals surface area contributed by atoms with Gasteiger partial charge in [-0.05, 0) is 29.7 Å². The number of hydrogen-bond acceptors (Lipinski definition) is 2. The number of hydrogen-bond donors (Lipinski definition) is 1. The van der Waals surface area contributed by atoms with Crippen LogP contribution in [-0.2, 0) is 11.2 Å². The van der Waals surface area contributed by atoms with Gasteiger partial charge in [-0.3, -0.25) is 0 Å². The SMILES string of the molecule is Fc1cc(Cl)c(NCC2OCCc3ccccc32)c(Cl)c1. The predicted octanol–water partition coefficient (Wildman–Crippen LogP) is 4.86. The molecule has 1 unspecified atom stereocenters. The zero-order chi connectivity index (χ0) is 14.8. The first-order valence-corrected chi connectivity index (χ1v) is 7.48. The molecular weight excluding hydrogens is 312 g/mol. The average Bonchev–Trinajstić information content (AvgIpc) is 2.46. The molecule has 1 heterocycles. The molecule has 2 aromatic rings. The van der Waals surface area contributed by atoms with Crippen LogP contribution in [-0.4, -0.2) is 13.2 Å². The van der Waals surface area contributed by atoms with Gasteiger partial charge in [0.05, 0.1) is 28.4 Å². The summed E-state index contributed by atoms with van der Waals surface area (Å²) in [6.45, 7) is 1.22. The van der Waals surface area contributed by atoms with Gasteiger partial charge in [-0.15, -0.1) is 0 Å². The Hall–Kier alpha value is -1.29. The molecule has 0 amide bonds. The van der Waals surface area contributed by atoms with E-state index in [4.69, 9.17) is 27.9 Å². The third kappa shape index (κ3) is 3.15. The first kappa shape index (κ1) is 14.6. The van der Waals surface area contributed by atoms with E-state index in [1.807, 2.05) is 12.1 Å². The number of nitrogens with one attached hydrogen (secondary N) is 1. The summed E-state index contributed by atoms with van der Waals surface area (Å²) >= 11 is 12.0. The van der Waals surface area contributed by atoms with Crippen LogP contribution < -0.4 is 5.32 Å². The van der Waals surface area contributed by atoms with Crippen molar-refractivity contribution in [3.05, 3.63) is 63.4 Å². The van der Waals surface area contributed by atoms with Gasteiger partial charge in [-0.25, -0.2) is 4.39 Å². The highest BCUT2D eigenvalue weighted by molar-refractivity contribution is 6.39. The Kier molecular flexibility index (Phi) is 4.34. The zero-order valence-corrected chi connectivity index (χ0v) is 12.7. The van der Waals surface area contributed by atoms with E-state index in [-0.39, 0.29) is 16.1 Å². The number of ether oxygens (including phenoxy) is 1. The van der Waals surface area contributed by atoms with Crippen molar-refractivity contribution >= 4 is 28.9 Å². The van der Waals surface area contributed by atoms with Crippen LogP contribution in [0.2, 0.25) is 10.0 Å². The molecule has 1 aliphatic rings. The minimum atomic E-state index is -0.449. The Balaban J connectivity index is 1.78. The second-order valence-corrected chi connectivity index (χ2v) is 5.75. The van der Waals surface area contributed by atoms with Crippen molar-refractivity contribution in [2.75, 3.05) is 18.5 Å². The second-order valence-electron chi connectivity index (χ2n) is 4.93. The summed E-state index contributed by atoms with van der Waals surface area (Å²) in [5.74, 6) is -0.449. The van der Waals surface area contributed by atoms with Crippen LogP contribution in [0.4, 0.5) is 10.1 Å². The topological polar surface area (TPSA) is 21.3 Å². The van der Waals surface area contributed by atoms with Gasteiger partial charge in [0.15, 0.2) is 0 Å². The van der Waals surface area contributed by atoms with Gasteiger partial charge in [0.2, 0.25) is 0 Å². The summed E-state index contributed by atoms with van der Waals surface area (Å²) in [7, 11) is 0. The maximum Gasteiger partial charge on any atom is 0.126 e. The van der Waals surface area contributed by atoms with E-state index < -0.39 is 5.82 Å². The van der Waals surface area contributed by atoms with Crippen LogP contribution in [0.25, 0.3) is 0 Å². The summed E-state index contributed by atoms with van der Waals surface area (Å²) in [5, 5.41) is 3.70. The molecule has 1 atom stereocenters. The van der Waals surface area contributed by atoms with Gasteiger partial charge in [0.25, 0.3) is 0 Å². The number of benzene rings is 2. The molecule has 0 bridgehead atoms. The Morgan fingerprint density at radius 2 is 1.90 bits per heavy atom. The van der Waals surface area contributed by atoms with E-state index in [9.17, 15) is 4.39 Å². The fourth-order valence-electron chi connectivity index (χ4n) is 2.55. The van der Waals surface area contributed by atoms with Crippen LogP contribution in [0, 0.1) is 5.82 Å². The summed E-state index contributed by atoms with van der Waals surface area (Å²) in [4.78, 5) is 0. The number of halogens is 3. The number of fused-ring (bicyclic) bond motifs is 1. The fourth-order valence-corrected chi connectivity index (χ4v) is 3.15. The second kappa shape index (κ2) is 6.22. The molecule has 0 radical (unpaired) electrons. The first-order valence-electron chi connectivity index (χ1n) is 6.73. The summed E-state index contributed by atoms with van der Waals surface area (Å²) in [6.07, 6.45) is 0.859. The molecule has 2 nitrogen and oxygen atoms in total. The average molecular weight is 326 g/mol. The number of rotatable bonds is 3. The third-order valence-corrected chi connectivity index (χ3v) is 4.16. The Morgan fingerprint density at radius 1 is 1.19 bits per heavy atom. The third-order valence-electron chi connectivity index (χ3n) is 3.56. The highest BCUT2D eigenvalue weighted by atomic mass is 35.5. The van der Waals surface area contributed by atoms with Gasteiger partial charge in [-0.1, -0.05) is 47.5 Å². The monoisotopic (exact) mass is 325 g/mol. The van der Waals surface area contributed by atoms with Crippen molar-refractivity contribution in [2.24, 2.45) is 0 Å². The molecule has 110 valence electrons. The summed E-state index contributed by atoms with van der Waals surface area (Å²) < 4.78 is 19.0. The van der Waals surface area contributed by atoms with Crippen LogP contribution >= 0.6 is 23.2 Å². The standard InChI is InChI=1S/C16H14Cl2FNO/c17-13-7-11(19)8-14(18)16(13)20-9-15-12-4-2-1-3-10(12)5-6-21-15/h1-4,7-8,15,20H,5-6,9H2. The Labute approximate surface area is 132 Å². The van der Waals surface area contributed by atoms with Crippen molar-refractivity contribution in [1.29, 1.82) is 0 Å². The highest BCUT2D eigenvalue weighted by Crippen LogP contribution is 2.33. The molecule has 0 aliphatic carbocycles. The normalized spacial score (nSPS) is 17.4. The van der Waals surface area contributed by atoms with Crippen molar-refractivity contribution < 1.29 is 9.13 Å². The minimum absolute atomic E-state index is 0.0628. The lowest BCUT2D eigenvalue weighted by atomic mass is 9.97. The quantitative estimate of drug-likeness (QED) is 0.870. The molecule has 0 fully saturated rings. The first-order chi connectivity index (χ1) is 10.1. The van der Waals surface area contributed by atoms with Crippen LogP contribution in [0.1, 0.15) is 17.2 Å². The van der Waals surface area contributed by atoms with Gasteiger partial charge in [-0.2, -0.15) is 0 Å². The van der Waals surface area contributed by atoms with E-state index in [1.165, 1.54) is 23.3 Å². The lowest BCUT2D eigenvalue weighted by Gasteiger charge is -2.27. The summed E-state index contributed by atoms with van der Waals surface area (Å²) in [6, 6.07) is 10.7. The highest BCUT2D eigenvalue weighted by Gasteiger charge is 2.21. The van der Waals surface area contributed by atoms with Crippen molar-refractivity contribution in [2.45, 2.75) is 12.5 Å². The fraction of sp³-hybridized carbons (Fsp3) is 0.250. The molecule has 21 heavy (non-hydrogen) atoms. The smallest absolute Gasteiger partial charge is 0.126 e. The van der Waals surface area contributed by atoms with E-state index in [1.54, 1.807) is 0 Å². The van der Waals surface area contributed by atoms with Gasteiger partial charge >= 0.3 is 0 Å². The Morgan fingerprint density at radius 3 is 2.67 bits per heavy atom. The maximum absolute atomic E-state index is 13.2. The molecule has 0 spiro atoms. The predicted molar refractivity (Wildman–Crippen MR) is 83.7 cm³/mol. The lowest BCUT2D eigenvalue weighted by molar-refractivity contribution is 0.0513. The maximum atomic E-state index is 13.2. The molecule has 0 saturated carbocycles. The van der Waals surface area contributed by atoms with Crippen LogP contribution in [0.15, 0.2) is 36.4 Å². The largest absolute Gasteiger partial charge is 0.380 e. The van der Waals surface area contributed by atoms with Crippen LogP contribution in [0.3, 0.4) is 0 Å². The molecule has 3 rings (SSSR count). The Bertz CT molecular complexity index is 639. The lowest BCUT2D eigenvalue weighted by Crippen LogP contribution is -2.22. The van der Waals surface area contributed by atoms with Crippen molar-refractivity contribution in [1.82, 2.24) is 0 Å². The molecule has 0 saturated heterocycles. The van der Waals surface area contributed by atoms with Crippen molar-refractivity contribution in [3.63, 3.8) is 0 Å². The molecule has 1 aliphatic heterocycles. The van der Waals surface area contributed by atoms with Crippen molar-refractivity contribution in [3.8, 4) is 0 Å².